The van der Waals surface area contributed by atoms with Crippen molar-refractivity contribution in [2.75, 3.05) is 30.3 Å². The molecule has 16 heavy (non-hydrogen) atoms. The van der Waals surface area contributed by atoms with Gasteiger partial charge in [-0.15, -0.1) is 0 Å². The van der Waals surface area contributed by atoms with Crippen LogP contribution in [0.15, 0.2) is 12.3 Å². The van der Waals surface area contributed by atoms with Gasteiger partial charge in [-0.1, -0.05) is 0 Å². The van der Waals surface area contributed by atoms with Crippen molar-refractivity contribution in [2.24, 2.45) is 5.92 Å². The van der Waals surface area contributed by atoms with Crippen molar-refractivity contribution < 1.29 is 5.11 Å². The van der Waals surface area contributed by atoms with Crippen molar-refractivity contribution in [1.82, 2.24) is 4.98 Å². The van der Waals surface area contributed by atoms with Gasteiger partial charge in [-0.05, 0) is 37.3 Å². The zero-order chi connectivity index (χ0) is 11.5. The number of aryl methyl sites for hydroxylation is 1. The number of aliphatic hydroxyl groups is 1. The fourth-order valence-electron chi connectivity index (χ4n) is 2.25. The molecular formula is C12H19N3O. The number of hydrogen-bond donors (Lipinski definition) is 2. The van der Waals surface area contributed by atoms with Crippen molar-refractivity contribution in [3.05, 3.63) is 17.8 Å². The molecule has 0 aliphatic carbocycles. The summed E-state index contributed by atoms with van der Waals surface area (Å²) in [7, 11) is 0. The summed E-state index contributed by atoms with van der Waals surface area (Å²) in [6.45, 7) is 4.23. The Morgan fingerprint density at radius 1 is 1.62 bits per heavy atom. The Bertz CT molecular complexity index is 367. The van der Waals surface area contributed by atoms with E-state index in [1.807, 2.05) is 13.0 Å². The lowest BCUT2D eigenvalue weighted by Crippen LogP contribution is -2.22. The number of aliphatic hydroxyl groups excluding tert-OH is 1. The summed E-state index contributed by atoms with van der Waals surface area (Å²) in [5.74, 6) is 1.48. The first-order valence-electron chi connectivity index (χ1n) is 5.79. The first kappa shape index (κ1) is 11.2. The Kier molecular flexibility index (Phi) is 3.29. The molecule has 1 aliphatic rings. The van der Waals surface area contributed by atoms with E-state index in [-0.39, 0.29) is 6.61 Å². The predicted molar refractivity (Wildman–Crippen MR) is 65.4 cm³/mol. The summed E-state index contributed by atoms with van der Waals surface area (Å²) in [6.07, 6.45) is 3.80. The largest absolute Gasteiger partial charge is 0.396 e. The second kappa shape index (κ2) is 4.70. The summed E-state index contributed by atoms with van der Waals surface area (Å²) >= 11 is 0. The van der Waals surface area contributed by atoms with Crippen LogP contribution in [0.3, 0.4) is 0 Å². The Labute approximate surface area is 96.1 Å². The molecule has 0 saturated carbocycles. The quantitative estimate of drug-likeness (QED) is 0.804. The van der Waals surface area contributed by atoms with E-state index < -0.39 is 0 Å². The van der Waals surface area contributed by atoms with Gasteiger partial charge in [0.25, 0.3) is 0 Å². The van der Waals surface area contributed by atoms with Crippen LogP contribution >= 0.6 is 0 Å². The number of aromatic nitrogens is 1. The summed E-state index contributed by atoms with van der Waals surface area (Å²) in [6, 6.07) is 1.93. The average Bonchev–Trinajstić information content (AvgIpc) is 2.71. The molecule has 4 heteroatoms. The summed E-state index contributed by atoms with van der Waals surface area (Å²) in [5, 5.41) is 8.92. The molecule has 0 amide bonds. The van der Waals surface area contributed by atoms with Crippen LogP contribution in [0.25, 0.3) is 0 Å². The highest BCUT2D eigenvalue weighted by atomic mass is 16.3. The number of pyridine rings is 1. The van der Waals surface area contributed by atoms with Gasteiger partial charge in [-0.2, -0.15) is 0 Å². The molecule has 2 heterocycles. The maximum Gasteiger partial charge on any atom is 0.152 e. The zero-order valence-electron chi connectivity index (χ0n) is 9.69. The Balaban J connectivity index is 2.11. The topological polar surface area (TPSA) is 62.4 Å². The van der Waals surface area contributed by atoms with Gasteiger partial charge in [0.05, 0.1) is 5.69 Å². The highest BCUT2D eigenvalue weighted by Crippen LogP contribution is 2.29. The molecule has 1 saturated heterocycles. The highest BCUT2D eigenvalue weighted by molar-refractivity contribution is 5.66. The van der Waals surface area contributed by atoms with Gasteiger partial charge in [0.15, 0.2) is 5.82 Å². The summed E-state index contributed by atoms with van der Waals surface area (Å²) in [4.78, 5) is 6.58. The lowest BCUT2D eigenvalue weighted by molar-refractivity contribution is 0.263. The minimum atomic E-state index is 0.273. The van der Waals surface area contributed by atoms with Crippen LogP contribution in [0, 0.1) is 12.8 Å². The van der Waals surface area contributed by atoms with E-state index in [1.54, 1.807) is 6.20 Å². The van der Waals surface area contributed by atoms with Crippen LogP contribution in [0.5, 0.6) is 0 Å². The number of anilines is 2. The third kappa shape index (κ3) is 2.11. The van der Waals surface area contributed by atoms with E-state index in [0.717, 1.165) is 43.0 Å². The third-order valence-electron chi connectivity index (χ3n) is 3.31. The van der Waals surface area contributed by atoms with Gasteiger partial charge < -0.3 is 15.7 Å². The first-order chi connectivity index (χ1) is 7.72. The van der Waals surface area contributed by atoms with Crippen LogP contribution < -0.4 is 10.6 Å². The van der Waals surface area contributed by atoms with Crippen LogP contribution in [0.1, 0.15) is 18.4 Å². The second-order valence-electron chi connectivity index (χ2n) is 4.48. The number of rotatable bonds is 3. The van der Waals surface area contributed by atoms with Gasteiger partial charge in [-0.3, -0.25) is 0 Å². The van der Waals surface area contributed by atoms with Crippen molar-refractivity contribution in [3.63, 3.8) is 0 Å². The average molecular weight is 221 g/mol. The van der Waals surface area contributed by atoms with Crippen molar-refractivity contribution in [3.8, 4) is 0 Å². The van der Waals surface area contributed by atoms with Gasteiger partial charge in [0, 0.05) is 25.9 Å². The molecule has 0 bridgehead atoms. The molecule has 0 spiro atoms. The minimum Gasteiger partial charge on any atom is -0.396 e. The Morgan fingerprint density at radius 2 is 2.44 bits per heavy atom. The maximum absolute atomic E-state index is 8.92. The standard InChI is InChI=1S/C12H19N3O/c1-9-2-5-14-12(11(9)13)15-6-3-10(8-15)4-7-16/h2,5,10,16H,3-4,6-8,13H2,1H3. The minimum absolute atomic E-state index is 0.273. The van der Waals surface area contributed by atoms with Crippen LogP contribution in [0.2, 0.25) is 0 Å². The maximum atomic E-state index is 8.92. The molecule has 1 atom stereocenters. The van der Waals surface area contributed by atoms with E-state index in [9.17, 15) is 0 Å². The van der Waals surface area contributed by atoms with Crippen LogP contribution in [-0.2, 0) is 0 Å². The van der Waals surface area contributed by atoms with Crippen molar-refractivity contribution >= 4 is 11.5 Å². The normalized spacial score (nSPS) is 20.4. The van der Waals surface area contributed by atoms with Crippen molar-refractivity contribution in [2.45, 2.75) is 19.8 Å². The molecule has 2 rings (SSSR count). The zero-order valence-corrected chi connectivity index (χ0v) is 9.69. The van der Waals surface area contributed by atoms with Crippen LogP contribution in [0.4, 0.5) is 11.5 Å². The van der Waals surface area contributed by atoms with Crippen molar-refractivity contribution in [1.29, 1.82) is 0 Å². The molecular weight excluding hydrogens is 202 g/mol. The summed E-state index contributed by atoms with van der Waals surface area (Å²) in [5.41, 5.74) is 7.89. The lowest BCUT2D eigenvalue weighted by Gasteiger charge is -2.20. The highest BCUT2D eigenvalue weighted by Gasteiger charge is 2.24. The van der Waals surface area contributed by atoms with E-state index in [2.05, 4.69) is 9.88 Å². The number of nitrogen functional groups attached to an aromatic ring is 1. The SMILES string of the molecule is Cc1ccnc(N2CCC(CCO)C2)c1N. The Hall–Kier alpha value is -1.29. The Morgan fingerprint density at radius 3 is 3.19 bits per heavy atom. The second-order valence-corrected chi connectivity index (χ2v) is 4.48. The smallest absolute Gasteiger partial charge is 0.152 e. The van der Waals surface area contributed by atoms with Gasteiger partial charge in [0.1, 0.15) is 0 Å². The van der Waals surface area contributed by atoms with E-state index in [1.165, 1.54) is 0 Å². The fourth-order valence-corrected chi connectivity index (χ4v) is 2.25. The number of nitrogens with two attached hydrogens (primary N) is 1. The number of nitrogens with zero attached hydrogens (tertiary/aromatic N) is 2. The van der Waals surface area contributed by atoms with E-state index in [4.69, 9.17) is 10.8 Å². The predicted octanol–water partition coefficient (Wildman–Crippen LogP) is 1.18. The molecule has 0 radical (unpaired) electrons. The van der Waals surface area contributed by atoms with Crippen LogP contribution in [-0.4, -0.2) is 29.8 Å². The van der Waals surface area contributed by atoms with Gasteiger partial charge >= 0.3 is 0 Å². The fraction of sp³-hybridized carbons (Fsp3) is 0.583. The molecule has 1 unspecified atom stereocenters. The molecule has 1 aromatic heterocycles. The molecule has 1 aliphatic heterocycles. The lowest BCUT2D eigenvalue weighted by atomic mass is 10.1. The molecule has 0 aromatic carbocycles. The molecule has 4 nitrogen and oxygen atoms in total. The van der Waals surface area contributed by atoms with Gasteiger partial charge in [-0.25, -0.2) is 4.98 Å². The molecule has 3 N–H and O–H groups in total. The molecule has 88 valence electrons. The van der Waals surface area contributed by atoms with E-state index in [0.29, 0.717) is 5.92 Å². The third-order valence-corrected chi connectivity index (χ3v) is 3.31. The van der Waals surface area contributed by atoms with Gasteiger partial charge in [0.2, 0.25) is 0 Å². The number of hydrogen-bond acceptors (Lipinski definition) is 4. The summed E-state index contributed by atoms with van der Waals surface area (Å²) < 4.78 is 0. The molecule has 1 aromatic rings. The first-order valence-corrected chi connectivity index (χ1v) is 5.79. The van der Waals surface area contributed by atoms with E-state index >= 15 is 0 Å². The monoisotopic (exact) mass is 221 g/mol. The molecule has 1 fully saturated rings.